The second-order valence-corrected chi connectivity index (χ2v) is 6.55. The smallest absolute Gasteiger partial charge is 0.222 e. The van der Waals surface area contributed by atoms with Crippen molar-refractivity contribution in [3.63, 3.8) is 0 Å². The van der Waals surface area contributed by atoms with Crippen LogP contribution in [0, 0.1) is 5.41 Å². The molecule has 4 heteroatoms. The Morgan fingerprint density at radius 3 is 3.06 bits per heavy atom. The maximum absolute atomic E-state index is 12.1. The third-order valence-electron chi connectivity index (χ3n) is 3.80. The zero-order valence-corrected chi connectivity index (χ0v) is 11.8. The van der Waals surface area contributed by atoms with Gasteiger partial charge in [-0.25, -0.2) is 0 Å². The van der Waals surface area contributed by atoms with Crippen LogP contribution in [0.25, 0.3) is 0 Å². The summed E-state index contributed by atoms with van der Waals surface area (Å²) in [7, 11) is 0. The number of nitrogens with zero attached hydrogens (tertiary/aromatic N) is 1. The van der Waals surface area contributed by atoms with E-state index >= 15 is 0 Å². The molecule has 1 aromatic rings. The lowest BCUT2D eigenvalue weighted by Crippen LogP contribution is -2.34. The summed E-state index contributed by atoms with van der Waals surface area (Å²) >= 11 is 1.77. The fourth-order valence-corrected chi connectivity index (χ4v) is 3.18. The van der Waals surface area contributed by atoms with Crippen LogP contribution in [0.15, 0.2) is 17.5 Å². The Hall–Kier alpha value is -0.870. The Morgan fingerprint density at radius 2 is 2.44 bits per heavy atom. The predicted molar refractivity (Wildman–Crippen MR) is 75.6 cm³/mol. The van der Waals surface area contributed by atoms with E-state index in [1.807, 2.05) is 4.90 Å². The molecular weight excluding hydrogens is 244 g/mol. The van der Waals surface area contributed by atoms with Crippen molar-refractivity contribution >= 4 is 17.2 Å². The molecule has 3 nitrogen and oxygen atoms in total. The van der Waals surface area contributed by atoms with E-state index in [1.165, 1.54) is 4.88 Å². The van der Waals surface area contributed by atoms with Crippen molar-refractivity contribution in [2.75, 3.05) is 19.6 Å². The molecule has 0 spiro atoms. The minimum absolute atomic E-state index is 0.142. The molecule has 1 amide bonds. The van der Waals surface area contributed by atoms with Crippen molar-refractivity contribution in [2.24, 2.45) is 11.1 Å². The topological polar surface area (TPSA) is 46.3 Å². The van der Waals surface area contributed by atoms with E-state index < -0.39 is 0 Å². The van der Waals surface area contributed by atoms with Gasteiger partial charge in [0.1, 0.15) is 0 Å². The molecule has 1 aliphatic heterocycles. The summed E-state index contributed by atoms with van der Waals surface area (Å²) in [5.41, 5.74) is 5.90. The van der Waals surface area contributed by atoms with Crippen molar-refractivity contribution in [3.8, 4) is 0 Å². The van der Waals surface area contributed by atoms with Gasteiger partial charge in [0.15, 0.2) is 0 Å². The highest BCUT2D eigenvalue weighted by atomic mass is 32.1. The number of likely N-dealkylation sites (tertiary alicyclic amines) is 1. The SMILES string of the molecule is CC1(CN)CCN(C(=O)CCCc2cccs2)C1. The molecule has 0 bridgehead atoms. The van der Waals surface area contributed by atoms with Crippen LogP contribution < -0.4 is 5.73 Å². The Balaban J connectivity index is 1.72. The summed E-state index contributed by atoms with van der Waals surface area (Å²) in [6, 6.07) is 4.20. The van der Waals surface area contributed by atoms with Crippen LogP contribution in [-0.2, 0) is 11.2 Å². The first-order valence-electron chi connectivity index (χ1n) is 6.63. The van der Waals surface area contributed by atoms with E-state index in [0.29, 0.717) is 18.9 Å². The number of amides is 1. The van der Waals surface area contributed by atoms with Gasteiger partial charge in [-0.1, -0.05) is 13.0 Å². The van der Waals surface area contributed by atoms with Gasteiger partial charge in [0.25, 0.3) is 0 Å². The molecule has 1 fully saturated rings. The van der Waals surface area contributed by atoms with E-state index in [4.69, 9.17) is 5.73 Å². The van der Waals surface area contributed by atoms with Gasteiger partial charge < -0.3 is 10.6 Å². The zero-order valence-electron chi connectivity index (χ0n) is 11.0. The molecule has 1 saturated heterocycles. The monoisotopic (exact) mass is 266 g/mol. The lowest BCUT2D eigenvalue weighted by Gasteiger charge is -2.22. The number of hydrogen-bond acceptors (Lipinski definition) is 3. The lowest BCUT2D eigenvalue weighted by atomic mass is 9.90. The van der Waals surface area contributed by atoms with Crippen LogP contribution in [0.1, 0.15) is 31.1 Å². The molecule has 1 atom stereocenters. The molecular formula is C14H22N2OS. The van der Waals surface area contributed by atoms with Gasteiger partial charge in [-0.15, -0.1) is 11.3 Å². The summed E-state index contributed by atoms with van der Waals surface area (Å²) < 4.78 is 0. The first-order valence-corrected chi connectivity index (χ1v) is 7.51. The first kappa shape index (κ1) is 13.6. The van der Waals surface area contributed by atoms with Gasteiger partial charge in [0, 0.05) is 24.4 Å². The van der Waals surface area contributed by atoms with Crippen LogP contribution >= 0.6 is 11.3 Å². The summed E-state index contributed by atoms with van der Waals surface area (Å²) in [6.45, 7) is 4.56. The highest BCUT2D eigenvalue weighted by molar-refractivity contribution is 7.09. The molecule has 1 aromatic heterocycles. The van der Waals surface area contributed by atoms with Gasteiger partial charge in [-0.05, 0) is 42.7 Å². The number of nitrogens with two attached hydrogens (primary N) is 1. The van der Waals surface area contributed by atoms with Crippen molar-refractivity contribution < 1.29 is 4.79 Å². The largest absolute Gasteiger partial charge is 0.342 e. The zero-order chi connectivity index (χ0) is 13.0. The standard InChI is InChI=1S/C14H22N2OS/c1-14(10-15)7-8-16(11-14)13(17)6-2-4-12-5-3-9-18-12/h3,5,9H,2,4,6-8,10-11,15H2,1H3. The van der Waals surface area contributed by atoms with Crippen LogP contribution in [-0.4, -0.2) is 30.4 Å². The molecule has 0 saturated carbocycles. The van der Waals surface area contributed by atoms with Crippen LogP contribution in [0.3, 0.4) is 0 Å². The quantitative estimate of drug-likeness (QED) is 0.888. The second-order valence-electron chi connectivity index (χ2n) is 5.51. The number of hydrogen-bond donors (Lipinski definition) is 1. The van der Waals surface area contributed by atoms with Crippen LogP contribution in [0.2, 0.25) is 0 Å². The van der Waals surface area contributed by atoms with Gasteiger partial charge in [-0.3, -0.25) is 4.79 Å². The van der Waals surface area contributed by atoms with E-state index in [-0.39, 0.29) is 5.41 Å². The van der Waals surface area contributed by atoms with Crippen molar-refractivity contribution in [1.29, 1.82) is 0 Å². The Bertz CT molecular complexity index is 391. The Labute approximate surface area is 113 Å². The fourth-order valence-electron chi connectivity index (χ4n) is 2.43. The van der Waals surface area contributed by atoms with E-state index in [0.717, 1.165) is 32.4 Å². The van der Waals surface area contributed by atoms with Crippen molar-refractivity contribution in [2.45, 2.75) is 32.6 Å². The molecule has 2 rings (SSSR count). The first-order chi connectivity index (χ1) is 8.63. The van der Waals surface area contributed by atoms with E-state index in [9.17, 15) is 4.79 Å². The van der Waals surface area contributed by atoms with Crippen molar-refractivity contribution in [1.82, 2.24) is 4.90 Å². The normalized spacial score (nSPS) is 23.6. The summed E-state index contributed by atoms with van der Waals surface area (Å²) in [5, 5.41) is 2.09. The predicted octanol–water partition coefficient (Wildman–Crippen LogP) is 2.27. The van der Waals surface area contributed by atoms with Gasteiger partial charge in [-0.2, -0.15) is 0 Å². The Morgan fingerprint density at radius 1 is 1.61 bits per heavy atom. The molecule has 1 aliphatic rings. The molecule has 1 unspecified atom stereocenters. The van der Waals surface area contributed by atoms with Crippen LogP contribution in [0.4, 0.5) is 0 Å². The fraction of sp³-hybridized carbons (Fsp3) is 0.643. The van der Waals surface area contributed by atoms with Crippen LogP contribution in [0.5, 0.6) is 0 Å². The second kappa shape index (κ2) is 5.85. The molecule has 18 heavy (non-hydrogen) atoms. The molecule has 2 N–H and O–H groups in total. The number of aryl methyl sites for hydroxylation is 1. The minimum Gasteiger partial charge on any atom is -0.342 e. The Kier molecular flexibility index (Phi) is 4.40. The number of carbonyl (C=O) groups is 1. The molecule has 100 valence electrons. The number of thiophene rings is 1. The van der Waals surface area contributed by atoms with Gasteiger partial charge >= 0.3 is 0 Å². The third-order valence-corrected chi connectivity index (χ3v) is 4.73. The third kappa shape index (κ3) is 3.33. The summed E-state index contributed by atoms with van der Waals surface area (Å²) in [5.74, 6) is 0.295. The maximum Gasteiger partial charge on any atom is 0.222 e. The minimum atomic E-state index is 0.142. The maximum atomic E-state index is 12.1. The molecule has 2 heterocycles. The highest BCUT2D eigenvalue weighted by Gasteiger charge is 2.34. The number of carbonyl (C=O) groups excluding carboxylic acids is 1. The van der Waals surface area contributed by atoms with E-state index in [2.05, 4.69) is 24.4 Å². The number of rotatable bonds is 5. The van der Waals surface area contributed by atoms with Crippen molar-refractivity contribution in [3.05, 3.63) is 22.4 Å². The molecule has 0 aliphatic carbocycles. The molecule has 0 radical (unpaired) electrons. The summed E-state index contributed by atoms with van der Waals surface area (Å²) in [4.78, 5) is 15.4. The van der Waals surface area contributed by atoms with Gasteiger partial charge in [0.2, 0.25) is 5.91 Å². The summed E-state index contributed by atoms with van der Waals surface area (Å²) in [6.07, 6.45) is 3.68. The lowest BCUT2D eigenvalue weighted by molar-refractivity contribution is -0.130. The van der Waals surface area contributed by atoms with E-state index in [1.54, 1.807) is 11.3 Å². The average Bonchev–Trinajstić information content (AvgIpc) is 2.99. The van der Waals surface area contributed by atoms with Gasteiger partial charge in [0.05, 0.1) is 0 Å². The molecule has 0 aromatic carbocycles. The highest BCUT2D eigenvalue weighted by Crippen LogP contribution is 2.29. The average molecular weight is 266 g/mol.